The number of hydrogen-bond acceptors (Lipinski definition) is 4. The first-order valence-corrected chi connectivity index (χ1v) is 8.47. The van der Waals surface area contributed by atoms with Crippen molar-refractivity contribution in [3.05, 3.63) is 24.3 Å². The third kappa shape index (κ3) is 3.78. The Kier molecular flexibility index (Phi) is 5.06. The van der Waals surface area contributed by atoms with Crippen molar-refractivity contribution in [1.29, 1.82) is 0 Å². The van der Waals surface area contributed by atoms with Gasteiger partial charge in [-0.3, -0.25) is 4.79 Å². The van der Waals surface area contributed by atoms with Gasteiger partial charge in [-0.1, -0.05) is 0 Å². The van der Waals surface area contributed by atoms with Gasteiger partial charge in [0.1, 0.15) is 11.5 Å². The molecule has 3 unspecified atom stereocenters. The van der Waals surface area contributed by atoms with Gasteiger partial charge < -0.3 is 20.1 Å². The van der Waals surface area contributed by atoms with Crippen LogP contribution in [0.1, 0.15) is 25.7 Å². The lowest BCUT2D eigenvalue weighted by molar-refractivity contribution is -0.130. The SMILES string of the molecule is COc1ccc(OCCCC(=O)N2CC3CCC(N)C3C2)cc1. The van der Waals surface area contributed by atoms with Crippen LogP contribution in [-0.2, 0) is 4.79 Å². The lowest BCUT2D eigenvalue weighted by Gasteiger charge is -2.18. The molecule has 2 fully saturated rings. The lowest BCUT2D eigenvalue weighted by atomic mass is 9.98. The summed E-state index contributed by atoms with van der Waals surface area (Å²) in [5, 5.41) is 0. The molecule has 1 aromatic rings. The van der Waals surface area contributed by atoms with Crippen LogP contribution in [-0.4, -0.2) is 43.7 Å². The summed E-state index contributed by atoms with van der Waals surface area (Å²) in [6.45, 7) is 2.30. The molecule has 3 atom stereocenters. The van der Waals surface area contributed by atoms with Gasteiger partial charge in [0, 0.05) is 25.6 Å². The van der Waals surface area contributed by atoms with E-state index in [1.165, 1.54) is 6.42 Å². The number of likely N-dealkylation sites (tertiary alicyclic amines) is 1. The summed E-state index contributed by atoms with van der Waals surface area (Å²) in [5.41, 5.74) is 6.12. The fraction of sp³-hybridized carbons (Fsp3) is 0.611. The Labute approximate surface area is 137 Å². The number of hydrogen-bond donors (Lipinski definition) is 1. The first kappa shape index (κ1) is 16.1. The Bertz CT molecular complexity index is 532. The Morgan fingerprint density at radius 2 is 1.96 bits per heavy atom. The van der Waals surface area contributed by atoms with E-state index in [4.69, 9.17) is 15.2 Å². The molecular weight excluding hydrogens is 292 g/mol. The zero-order valence-corrected chi connectivity index (χ0v) is 13.7. The van der Waals surface area contributed by atoms with E-state index < -0.39 is 0 Å². The molecule has 1 aliphatic heterocycles. The van der Waals surface area contributed by atoms with Crippen LogP contribution < -0.4 is 15.2 Å². The third-order valence-corrected chi connectivity index (χ3v) is 5.13. The van der Waals surface area contributed by atoms with Gasteiger partial charge in [0.05, 0.1) is 13.7 Å². The van der Waals surface area contributed by atoms with Gasteiger partial charge in [0.25, 0.3) is 0 Å². The van der Waals surface area contributed by atoms with Gasteiger partial charge in [0.15, 0.2) is 0 Å². The number of benzene rings is 1. The summed E-state index contributed by atoms with van der Waals surface area (Å²) in [6.07, 6.45) is 3.58. The van der Waals surface area contributed by atoms with Gasteiger partial charge >= 0.3 is 0 Å². The number of carbonyl (C=O) groups is 1. The van der Waals surface area contributed by atoms with Crippen molar-refractivity contribution >= 4 is 5.91 Å². The summed E-state index contributed by atoms with van der Waals surface area (Å²) >= 11 is 0. The summed E-state index contributed by atoms with van der Waals surface area (Å²) in [7, 11) is 1.64. The molecule has 1 heterocycles. The maximum atomic E-state index is 12.3. The number of nitrogens with zero attached hydrogens (tertiary/aromatic N) is 1. The molecular formula is C18H26N2O3. The molecule has 0 radical (unpaired) electrons. The summed E-state index contributed by atoms with van der Waals surface area (Å²) in [5.74, 6) is 3.01. The van der Waals surface area contributed by atoms with Crippen molar-refractivity contribution in [1.82, 2.24) is 4.90 Å². The molecule has 1 aromatic carbocycles. The maximum absolute atomic E-state index is 12.3. The molecule has 1 saturated heterocycles. The monoisotopic (exact) mass is 318 g/mol. The molecule has 2 aliphatic rings. The first-order valence-electron chi connectivity index (χ1n) is 8.47. The van der Waals surface area contributed by atoms with Gasteiger partial charge in [-0.05, 0) is 55.4 Å². The molecule has 2 N–H and O–H groups in total. The van der Waals surface area contributed by atoms with Crippen molar-refractivity contribution in [2.45, 2.75) is 31.7 Å². The molecule has 5 nitrogen and oxygen atoms in total. The van der Waals surface area contributed by atoms with E-state index in [2.05, 4.69) is 0 Å². The van der Waals surface area contributed by atoms with Crippen molar-refractivity contribution in [2.24, 2.45) is 17.6 Å². The minimum absolute atomic E-state index is 0.241. The average Bonchev–Trinajstić information content (AvgIpc) is 3.14. The van der Waals surface area contributed by atoms with Gasteiger partial charge in [-0.2, -0.15) is 0 Å². The van der Waals surface area contributed by atoms with Crippen LogP contribution in [0.25, 0.3) is 0 Å². The predicted molar refractivity (Wildman–Crippen MR) is 88.5 cm³/mol. The molecule has 0 bridgehead atoms. The fourth-order valence-electron chi connectivity index (χ4n) is 3.75. The molecule has 3 rings (SSSR count). The Balaban J connectivity index is 1.36. The van der Waals surface area contributed by atoms with Crippen LogP contribution in [0.15, 0.2) is 24.3 Å². The summed E-state index contributed by atoms with van der Waals surface area (Å²) < 4.78 is 10.8. The second-order valence-electron chi connectivity index (χ2n) is 6.59. The molecule has 5 heteroatoms. The second-order valence-corrected chi connectivity index (χ2v) is 6.59. The molecule has 0 spiro atoms. The topological polar surface area (TPSA) is 64.8 Å². The lowest BCUT2D eigenvalue weighted by Crippen LogP contribution is -2.33. The summed E-state index contributed by atoms with van der Waals surface area (Å²) in [6, 6.07) is 7.78. The highest BCUT2D eigenvalue weighted by Crippen LogP contribution is 2.37. The molecule has 23 heavy (non-hydrogen) atoms. The largest absolute Gasteiger partial charge is 0.497 e. The van der Waals surface area contributed by atoms with Crippen LogP contribution in [0.4, 0.5) is 0 Å². The number of amides is 1. The van der Waals surface area contributed by atoms with Gasteiger partial charge in [-0.15, -0.1) is 0 Å². The van der Waals surface area contributed by atoms with Crippen LogP contribution in [0, 0.1) is 11.8 Å². The van der Waals surface area contributed by atoms with E-state index in [1.807, 2.05) is 29.2 Å². The normalized spacial score (nSPS) is 26.2. The minimum atomic E-state index is 0.241. The highest BCUT2D eigenvalue weighted by Gasteiger charge is 2.42. The van der Waals surface area contributed by atoms with Crippen molar-refractivity contribution in [2.75, 3.05) is 26.8 Å². The summed E-state index contributed by atoms with van der Waals surface area (Å²) in [4.78, 5) is 14.3. The zero-order valence-electron chi connectivity index (χ0n) is 13.7. The second kappa shape index (κ2) is 7.21. The first-order chi connectivity index (χ1) is 11.2. The Hall–Kier alpha value is -1.75. The fourth-order valence-corrected chi connectivity index (χ4v) is 3.75. The van der Waals surface area contributed by atoms with Crippen molar-refractivity contribution in [3.8, 4) is 11.5 Å². The van der Waals surface area contributed by atoms with Gasteiger partial charge in [0.2, 0.25) is 5.91 Å². The van der Waals surface area contributed by atoms with Crippen LogP contribution in [0.3, 0.4) is 0 Å². The minimum Gasteiger partial charge on any atom is -0.497 e. The number of ether oxygens (including phenoxy) is 2. The standard InChI is InChI=1S/C18H26N2O3/c1-22-14-5-7-15(8-6-14)23-10-2-3-18(21)20-11-13-4-9-17(19)16(13)12-20/h5-8,13,16-17H,2-4,9-12,19H2,1H3. The number of nitrogens with two attached hydrogens (primary N) is 1. The van der Waals surface area contributed by atoms with Gasteiger partial charge in [-0.25, -0.2) is 0 Å². The molecule has 1 saturated carbocycles. The van der Waals surface area contributed by atoms with Crippen LogP contribution in [0.5, 0.6) is 11.5 Å². The molecule has 126 valence electrons. The predicted octanol–water partition coefficient (Wildman–Crippen LogP) is 2.05. The highest BCUT2D eigenvalue weighted by molar-refractivity contribution is 5.76. The van der Waals surface area contributed by atoms with E-state index in [9.17, 15) is 4.79 Å². The van der Waals surface area contributed by atoms with E-state index >= 15 is 0 Å². The van der Waals surface area contributed by atoms with Crippen molar-refractivity contribution in [3.63, 3.8) is 0 Å². The highest BCUT2D eigenvalue weighted by atomic mass is 16.5. The van der Waals surface area contributed by atoms with E-state index in [0.717, 1.165) is 37.4 Å². The zero-order chi connectivity index (χ0) is 16.2. The number of rotatable bonds is 6. The smallest absolute Gasteiger partial charge is 0.222 e. The molecule has 1 amide bonds. The van der Waals surface area contributed by atoms with Crippen molar-refractivity contribution < 1.29 is 14.3 Å². The Morgan fingerprint density at radius 3 is 2.65 bits per heavy atom. The molecule has 1 aliphatic carbocycles. The third-order valence-electron chi connectivity index (χ3n) is 5.13. The van der Waals surface area contributed by atoms with E-state index in [0.29, 0.717) is 24.9 Å². The number of fused-ring (bicyclic) bond motifs is 1. The Morgan fingerprint density at radius 1 is 1.22 bits per heavy atom. The maximum Gasteiger partial charge on any atom is 0.222 e. The average molecular weight is 318 g/mol. The van der Waals surface area contributed by atoms with E-state index in [1.54, 1.807) is 7.11 Å². The number of methoxy groups -OCH3 is 1. The number of carbonyl (C=O) groups excluding carboxylic acids is 1. The van der Waals surface area contributed by atoms with E-state index in [-0.39, 0.29) is 11.9 Å². The van der Waals surface area contributed by atoms with Crippen LogP contribution >= 0.6 is 0 Å². The van der Waals surface area contributed by atoms with Crippen LogP contribution in [0.2, 0.25) is 0 Å². The molecule has 0 aromatic heterocycles. The quantitative estimate of drug-likeness (QED) is 0.815.